The van der Waals surface area contributed by atoms with Gasteiger partial charge in [0.25, 0.3) is 0 Å². The molecule has 0 aliphatic rings. The van der Waals surface area contributed by atoms with E-state index in [1.165, 1.54) is 0 Å². The Balaban J connectivity index is 2.74. The highest BCUT2D eigenvalue weighted by molar-refractivity contribution is 7.09. The molecule has 0 radical (unpaired) electrons. The van der Waals surface area contributed by atoms with E-state index in [9.17, 15) is 0 Å². The monoisotopic (exact) mass is 176 g/mol. The summed E-state index contributed by atoms with van der Waals surface area (Å²) < 4.78 is 10.1. The average Bonchev–Trinajstić information content (AvgIpc) is 2.03. The van der Waals surface area contributed by atoms with Crippen LogP contribution in [-0.4, -0.2) is 19.8 Å². The number of unbranched alkanes of at least 4 members (excludes halogenated alkanes) is 1. The van der Waals surface area contributed by atoms with Gasteiger partial charge in [0, 0.05) is 22.7 Å². The van der Waals surface area contributed by atoms with Crippen molar-refractivity contribution < 1.29 is 9.26 Å². The summed E-state index contributed by atoms with van der Waals surface area (Å²) >= 11 is 0. The summed E-state index contributed by atoms with van der Waals surface area (Å²) in [5.74, 6) is 0. The van der Waals surface area contributed by atoms with Gasteiger partial charge in [-0.1, -0.05) is 6.08 Å². The Morgan fingerprint density at radius 3 is 2.55 bits per heavy atom. The fourth-order valence-corrected chi connectivity index (χ4v) is 0.825. The fourth-order valence-electron chi connectivity index (χ4n) is 0.658. The van der Waals surface area contributed by atoms with Gasteiger partial charge in [-0.15, -0.1) is 6.58 Å². The van der Waals surface area contributed by atoms with Gasteiger partial charge in [0.1, 0.15) is 0 Å². The zero-order valence-electron chi connectivity index (χ0n) is 6.92. The van der Waals surface area contributed by atoms with E-state index in [1.807, 2.05) is 6.08 Å². The van der Waals surface area contributed by atoms with Crippen LogP contribution in [0.5, 0.6) is 0 Å². The number of rotatable bonds is 8. The van der Waals surface area contributed by atoms with Gasteiger partial charge in [0.2, 0.25) is 0 Å². The van der Waals surface area contributed by atoms with Crippen molar-refractivity contribution in [3.05, 3.63) is 12.7 Å². The molecule has 0 aromatic carbocycles. The normalized spacial score (nSPS) is 9.91. The van der Waals surface area contributed by atoms with Crippen LogP contribution in [0.4, 0.5) is 0 Å². The third-order valence-corrected chi connectivity index (χ3v) is 1.50. The third-order valence-electron chi connectivity index (χ3n) is 1.27. The molecule has 2 nitrogen and oxygen atoms in total. The second-order valence-electron chi connectivity index (χ2n) is 2.27. The predicted molar refractivity (Wildman–Crippen MR) is 50.5 cm³/mol. The fraction of sp³-hybridized carbons (Fsp3) is 0.750. The first-order chi connectivity index (χ1) is 5.41. The largest absolute Gasteiger partial charge is 0.381 e. The highest BCUT2D eigenvalue weighted by atomic mass is 31.0. The Kier molecular flexibility index (Phi) is 10.2. The van der Waals surface area contributed by atoms with E-state index in [2.05, 4.69) is 16.0 Å². The molecule has 1 unspecified atom stereocenters. The topological polar surface area (TPSA) is 18.5 Å². The van der Waals surface area contributed by atoms with Gasteiger partial charge in [-0.05, 0) is 19.3 Å². The summed E-state index contributed by atoms with van der Waals surface area (Å²) in [6.07, 6.45) is 4.95. The van der Waals surface area contributed by atoms with Crippen LogP contribution in [0.1, 0.15) is 19.3 Å². The first-order valence-corrected chi connectivity index (χ1v) is 4.39. The molecule has 66 valence electrons. The molecule has 11 heavy (non-hydrogen) atoms. The molecular weight excluding hydrogens is 159 g/mol. The highest BCUT2D eigenvalue weighted by Crippen LogP contribution is 1.94. The minimum Gasteiger partial charge on any atom is -0.381 e. The van der Waals surface area contributed by atoms with Crippen LogP contribution < -0.4 is 0 Å². The Morgan fingerprint density at radius 1 is 1.18 bits per heavy atom. The van der Waals surface area contributed by atoms with Crippen molar-refractivity contribution in [1.29, 1.82) is 0 Å². The molecule has 0 N–H and O–H groups in total. The van der Waals surface area contributed by atoms with Gasteiger partial charge in [0.05, 0.1) is 6.61 Å². The van der Waals surface area contributed by atoms with Crippen molar-refractivity contribution >= 4 is 9.47 Å². The number of ether oxygens (including phenoxy) is 1. The van der Waals surface area contributed by atoms with E-state index in [1.54, 1.807) is 0 Å². The molecule has 0 aromatic rings. The zero-order valence-corrected chi connectivity index (χ0v) is 8.08. The first-order valence-electron chi connectivity index (χ1n) is 3.92. The average molecular weight is 176 g/mol. The van der Waals surface area contributed by atoms with E-state index in [-0.39, 0.29) is 0 Å². The van der Waals surface area contributed by atoms with Crippen LogP contribution in [-0.2, 0) is 9.26 Å². The van der Waals surface area contributed by atoms with Crippen LogP contribution in [0, 0.1) is 0 Å². The van der Waals surface area contributed by atoms with Crippen LogP contribution in [0.25, 0.3) is 0 Å². The SMILES string of the molecule is C=CCCOCCCCOP. The second-order valence-corrected chi connectivity index (χ2v) is 2.60. The van der Waals surface area contributed by atoms with Crippen molar-refractivity contribution in [3.8, 4) is 0 Å². The maximum absolute atomic E-state index is 5.29. The van der Waals surface area contributed by atoms with E-state index in [4.69, 9.17) is 9.26 Å². The Labute approximate surface area is 71.2 Å². The standard InChI is InChI=1S/C8H17O2P/c1-2-3-6-9-7-4-5-8-10-11/h2H,1,3-8,11H2. The molecule has 0 spiro atoms. The van der Waals surface area contributed by atoms with Crippen molar-refractivity contribution in [3.63, 3.8) is 0 Å². The van der Waals surface area contributed by atoms with Gasteiger partial charge in [-0.3, -0.25) is 0 Å². The highest BCUT2D eigenvalue weighted by Gasteiger charge is 1.87. The quantitative estimate of drug-likeness (QED) is 0.320. The molecule has 0 amide bonds. The summed E-state index contributed by atoms with van der Waals surface area (Å²) in [5, 5.41) is 0. The number of hydrogen-bond acceptors (Lipinski definition) is 2. The summed E-state index contributed by atoms with van der Waals surface area (Å²) in [5.41, 5.74) is 0. The molecule has 0 saturated carbocycles. The van der Waals surface area contributed by atoms with Gasteiger partial charge in [-0.25, -0.2) is 0 Å². The lowest BCUT2D eigenvalue weighted by Crippen LogP contribution is -1.97. The molecule has 0 saturated heterocycles. The maximum atomic E-state index is 5.29. The summed E-state index contributed by atoms with van der Waals surface area (Å²) in [6.45, 7) is 6.04. The molecule has 0 aliphatic heterocycles. The van der Waals surface area contributed by atoms with Gasteiger partial charge < -0.3 is 9.26 Å². The lowest BCUT2D eigenvalue weighted by atomic mass is 10.3. The summed E-state index contributed by atoms with van der Waals surface area (Å²) in [7, 11) is 2.24. The van der Waals surface area contributed by atoms with Crippen molar-refractivity contribution in [2.24, 2.45) is 0 Å². The Bertz CT molecular complexity index is 86.2. The lowest BCUT2D eigenvalue weighted by Gasteiger charge is -2.01. The molecule has 0 aliphatic carbocycles. The molecule has 0 bridgehead atoms. The Morgan fingerprint density at radius 2 is 1.91 bits per heavy atom. The minimum atomic E-state index is 0.797. The number of hydrogen-bond donors (Lipinski definition) is 0. The lowest BCUT2D eigenvalue weighted by molar-refractivity contribution is 0.131. The minimum absolute atomic E-state index is 0.797. The van der Waals surface area contributed by atoms with E-state index >= 15 is 0 Å². The first kappa shape index (κ1) is 11.1. The predicted octanol–water partition coefficient (Wildman–Crippen LogP) is 2.17. The molecular formula is C8H17O2P. The van der Waals surface area contributed by atoms with Gasteiger partial charge in [-0.2, -0.15) is 0 Å². The van der Waals surface area contributed by atoms with Crippen LogP contribution >= 0.6 is 9.47 Å². The second kappa shape index (κ2) is 10.1. The van der Waals surface area contributed by atoms with Crippen LogP contribution in [0.15, 0.2) is 12.7 Å². The van der Waals surface area contributed by atoms with Crippen molar-refractivity contribution in [1.82, 2.24) is 0 Å². The Hall–Kier alpha value is 0.0900. The maximum Gasteiger partial charge on any atom is 0.0502 e. The summed E-state index contributed by atoms with van der Waals surface area (Å²) in [6, 6.07) is 0. The van der Waals surface area contributed by atoms with E-state index in [0.29, 0.717) is 0 Å². The molecule has 1 atom stereocenters. The molecule has 3 heteroatoms. The molecule has 0 aromatic heterocycles. The third kappa shape index (κ3) is 10.1. The zero-order chi connectivity index (χ0) is 8.36. The summed E-state index contributed by atoms with van der Waals surface area (Å²) in [4.78, 5) is 0. The van der Waals surface area contributed by atoms with Crippen molar-refractivity contribution in [2.75, 3.05) is 19.8 Å². The van der Waals surface area contributed by atoms with E-state index < -0.39 is 0 Å². The van der Waals surface area contributed by atoms with Crippen molar-refractivity contribution in [2.45, 2.75) is 19.3 Å². The molecule has 0 rings (SSSR count). The van der Waals surface area contributed by atoms with Gasteiger partial charge in [0.15, 0.2) is 0 Å². The smallest absolute Gasteiger partial charge is 0.0502 e. The van der Waals surface area contributed by atoms with Crippen LogP contribution in [0.2, 0.25) is 0 Å². The van der Waals surface area contributed by atoms with Crippen LogP contribution in [0.3, 0.4) is 0 Å². The molecule has 0 fully saturated rings. The van der Waals surface area contributed by atoms with Gasteiger partial charge >= 0.3 is 0 Å². The molecule has 0 heterocycles. The van der Waals surface area contributed by atoms with E-state index in [0.717, 1.165) is 39.1 Å².